The SMILES string of the molecule is CB=N.CB=N.[2H]c1ccc2c(n1)[C@@](C)(CC)OC2=C.[2H]c1ccc2c(n1)[C@](C)(CC)OC2=O. The molecule has 0 amide bonds. The van der Waals surface area contributed by atoms with Gasteiger partial charge in [-0.2, -0.15) is 0 Å². The Morgan fingerprint density at radius 3 is 1.84 bits per heavy atom. The van der Waals surface area contributed by atoms with E-state index in [0.29, 0.717) is 23.4 Å². The number of carbonyl (C=O) groups excluding carboxylic acids is 1. The van der Waals surface area contributed by atoms with Gasteiger partial charge in [-0.15, -0.1) is 0 Å². The van der Waals surface area contributed by atoms with Crippen LogP contribution in [0.4, 0.5) is 0 Å². The molecule has 0 saturated heterocycles. The van der Waals surface area contributed by atoms with E-state index in [9.17, 15) is 4.79 Å². The predicted molar refractivity (Wildman–Crippen MR) is 128 cm³/mol. The Balaban J connectivity index is 0.000000277. The van der Waals surface area contributed by atoms with E-state index in [1.807, 2.05) is 33.8 Å². The van der Waals surface area contributed by atoms with Crippen molar-refractivity contribution < 1.29 is 17.0 Å². The molecule has 32 heavy (non-hydrogen) atoms. The van der Waals surface area contributed by atoms with E-state index in [-0.39, 0.29) is 18.3 Å². The van der Waals surface area contributed by atoms with E-state index in [4.69, 9.17) is 22.8 Å². The smallest absolute Gasteiger partial charge is 0.341 e. The van der Waals surface area contributed by atoms with Crippen LogP contribution in [0.3, 0.4) is 0 Å². The van der Waals surface area contributed by atoms with Gasteiger partial charge in [0, 0.05) is 17.9 Å². The molecule has 9 heteroatoms. The van der Waals surface area contributed by atoms with Gasteiger partial charge in [0.25, 0.3) is 0 Å². The van der Waals surface area contributed by atoms with E-state index in [1.165, 1.54) is 20.2 Å². The summed E-state index contributed by atoms with van der Waals surface area (Å²) in [7, 11) is 2.50. The minimum atomic E-state index is -0.649. The largest absolute Gasteiger partial charge is 0.481 e. The Morgan fingerprint density at radius 1 is 0.969 bits per heavy atom. The fourth-order valence-corrected chi connectivity index (χ4v) is 3.08. The molecule has 0 fully saturated rings. The number of nitrogens with zero attached hydrogens (tertiary/aromatic N) is 2. The first-order valence-corrected chi connectivity index (χ1v) is 10.4. The van der Waals surface area contributed by atoms with E-state index in [2.05, 4.69) is 16.5 Å². The van der Waals surface area contributed by atoms with Gasteiger partial charge >= 0.3 is 44.4 Å². The van der Waals surface area contributed by atoms with Crippen LogP contribution in [-0.2, 0) is 20.7 Å². The molecule has 0 saturated carbocycles. The zero-order valence-electron chi connectivity index (χ0n) is 21.7. The number of rotatable bonds is 2. The number of nitrogens with one attached hydrogen (secondary N) is 2. The number of hydrogen-bond acceptors (Lipinski definition) is 7. The molecule has 4 heterocycles. The first-order valence-electron chi connectivity index (χ1n) is 11.4. The summed E-state index contributed by atoms with van der Waals surface area (Å²) < 4.78 is 25.8. The van der Waals surface area contributed by atoms with Gasteiger partial charge in [-0.1, -0.05) is 20.4 Å². The summed E-state index contributed by atoms with van der Waals surface area (Å²) in [6.07, 6.45) is 1.95. The van der Waals surface area contributed by atoms with Crippen molar-refractivity contribution in [3.63, 3.8) is 0 Å². The van der Waals surface area contributed by atoms with Crippen molar-refractivity contribution in [1.29, 1.82) is 10.6 Å². The summed E-state index contributed by atoms with van der Waals surface area (Å²) >= 11 is 0. The molecular weight excluding hydrogens is 402 g/mol. The maximum absolute atomic E-state index is 11.4. The van der Waals surface area contributed by atoms with Crippen molar-refractivity contribution in [2.24, 2.45) is 0 Å². The number of esters is 1. The average molecular weight is 436 g/mol. The molecule has 2 aromatic rings. The van der Waals surface area contributed by atoms with Gasteiger partial charge in [0.1, 0.15) is 11.4 Å². The Labute approximate surface area is 195 Å². The number of ether oxygens (including phenoxy) is 2. The molecule has 0 aliphatic carbocycles. The molecule has 0 bridgehead atoms. The maximum Gasteiger partial charge on any atom is 0.341 e. The van der Waals surface area contributed by atoms with Crippen LogP contribution < -0.4 is 0 Å². The topological polar surface area (TPSA) is 109 Å². The normalized spacial score (nSPS) is 22.2. The summed E-state index contributed by atoms with van der Waals surface area (Å²) in [6, 6.07) is 6.62. The molecule has 4 rings (SSSR count). The molecule has 0 unspecified atom stereocenters. The molecule has 0 spiro atoms. The van der Waals surface area contributed by atoms with Crippen LogP contribution in [0.15, 0.2) is 43.2 Å². The quantitative estimate of drug-likeness (QED) is 0.472. The van der Waals surface area contributed by atoms with E-state index < -0.39 is 11.2 Å². The second kappa shape index (κ2) is 12.2. The maximum atomic E-state index is 11.4. The zero-order valence-corrected chi connectivity index (χ0v) is 19.7. The number of hydrogen-bond donors (Lipinski definition) is 2. The third-order valence-electron chi connectivity index (χ3n) is 5.05. The van der Waals surface area contributed by atoms with E-state index in [0.717, 1.165) is 17.7 Å². The number of aromatic nitrogens is 2. The van der Waals surface area contributed by atoms with E-state index in [1.54, 1.807) is 25.8 Å². The van der Waals surface area contributed by atoms with Gasteiger partial charge in [-0.25, -0.2) is 4.79 Å². The summed E-state index contributed by atoms with van der Waals surface area (Å²) in [5, 5.41) is 12.2. The third-order valence-corrected chi connectivity index (χ3v) is 5.05. The summed E-state index contributed by atoms with van der Waals surface area (Å²) in [5.41, 5.74) is 1.82. The summed E-state index contributed by atoms with van der Waals surface area (Å²) in [4.78, 5) is 19.7. The molecule has 2 N–H and O–H groups in total. The minimum absolute atomic E-state index is 0.168. The molecule has 2 aliphatic heterocycles. The summed E-state index contributed by atoms with van der Waals surface area (Å²) in [6.45, 7) is 15.0. The molecule has 0 aromatic carbocycles. The molecule has 7 nitrogen and oxygen atoms in total. The molecule has 2 atom stereocenters. The monoisotopic (exact) mass is 436 g/mol. The molecule has 2 aromatic heterocycles. The summed E-state index contributed by atoms with van der Waals surface area (Å²) in [5.74, 6) is 0.328. The number of fused-ring (bicyclic) bond motifs is 2. The second-order valence-electron chi connectivity index (χ2n) is 7.33. The Bertz CT molecular complexity index is 987. The number of pyridine rings is 2. The number of carbonyl (C=O) groups is 1. The van der Waals surface area contributed by atoms with Crippen molar-refractivity contribution in [2.45, 2.75) is 65.4 Å². The van der Waals surface area contributed by atoms with Gasteiger partial charge in [-0.3, -0.25) is 9.97 Å². The third kappa shape index (κ3) is 6.05. The Hall–Kier alpha value is -2.96. The average Bonchev–Trinajstić information content (AvgIpc) is 3.19. The zero-order chi connectivity index (χ0) is 26.1. The second-order valence-corrected chi connectivity index (χ2v) is 7.33. The van der Waals surface area contributed by atoms with Crippen LogP contribution in [0.5, 0.6) is 0 Å². The van der Waals surface area contributed by atoms with Crippen molar-refractivity contribution in [3.8, 4) is 0 Å². The van der Waals surface area contributed by atoms with Gasteiger partial charge in [0.2, 0.25) is 0 Å². The van der Waals surface area contributed by atoms with Gasteiger partial charge in [0.15, 0.2) is 5.60 Å². The van der Waals surface area contributed by atoms with Crippen molar-refractivity contribution in [2.75, 3.05) is 0 Å². The van der Waals surface area contributed by atoms with Crippen LogP contribution in [0.2, 0.25) is 13.6 Å². The first kappa shape index (κ1) is 23.7. The van der Waals surface area contributed by atoms with Crippen LogP contribution >= 0.6 is 0 Å². The van der Waals surface area contributed by atoms with Crippen LogP contribution in [0.25, 0.3) is 5.76 Å². The fraction of sp³-hybridized carbons (Fsp3) is 0.435. The van der Waals surface area contributed by atoms with Gasteiger partial charge < -0.3 is 9.47 Å². The Kier molecular flexibility index (Phi) is 9.01. The molecule has 0 radical (unpaired) electrons. The Morgan fingerprint density at radius 2 is 1.38 bits per heavy atom. The van der Waals surface area contributed by atoms with Crippen LogP contribution in [0.1, 0.15) is 70.6 Å². The minimum Gasteiger partial charge on any atom is -0.481 e. The first-order chi connectivity index (χ1) is 16.0. The van der Waals surface area contributed by atoms with Crippen molar-refractivity contribution in [3.05, 3.63) is 65.7 Å². The van der Waals surface area contributed by atoms with Crippen LogP contribution in [0, 0.1) is 10.6 Å². The van der Waals surface area contributed by atoms with Crippen LogP contribution in [-0.4, -0.2) is 30.1 Å². The fourth-order valence-electron chi connectivity index (χ4n) is 3.08. The van der Waals surface area contributed by atoms with Gasteiger partial charge in [0.05, 0.1) is 19.7 Å². The molecule has 168 valence electrons. The van der Waals surface area contributed by atoms with Crippen molar-refractivity contribution >= 4 is 25.9 Å². The standard InChI is InChI=1S/C11H13NO.C10H11NO2.2CH4BN/c1-4-11(3)10-9(8(2)13-11)6-5-7-12-10;1-3-10(2)8-7(9(12)13-10)5-4-6-11-8;2*1-2-3/h5-7H,2,4H2,1,3H3;4-6H,3H2,1-2H3;2*3H,1H3/t11-;10-;;/m10../s1/i7D;6D;;. The van der Waals surface area contributed by atoms with Gasteiger partial charge in [-0.05, 0) is 51.0 Å². The molecule has 2 aliphatic rings. The number of cyclic esters (lactones) is 1. The predicted octanol–water partition coefficient (Wildman–Crippen LogP) is 5.59. The molecular formula is C23H32B2N4O3. The van der Waals surface area contributed by atoms with Crippen molar-refractivity contribution in [1.82, 2.24) is 9.97 Å². The van der Waals surface area contributed by atoms with E-state index >= 15 is 0 Å².